The first-order valence-electron chi connectivity index (χ1n) is 21.3. The molecule has 6 nitrogen and oxygen atoms in total. The third kappa shape index (κ3) is 38.3. The van der Waals surface area contributed by atoms with Crippen molar-refractivity contribution in [1.29, 1.82) is 0 Å². The number of carbonyl (C=O) groups is 3. The third-order valence-corrected chi connectivity index (χ3v) is 8.74. The van der Waals surface area contributed by atoms with Crippen molar-refractivity contribution in [3.8, 4) is 0 Å². The molecule has 0 saturated carbocycles. The van der Waals surface area contributed by atoms with E-state index < -0.39 is 6.10 Å². The van der Waals surface area contributed by atoms with Crippen LogP contribution in [0.15, 0.2) is 60.8 Å². The van der Waals surface area contributed by atoms with Crippen molar-refractivity contribution in [2.75, 3.05) is 13.2 Å². The molecular weight excluding hydrogens is 648 g/mol. The zero-order valence-electron chi connectivity index (χ0n) is 33.8. The Balaban J connectivity index is 4.50. The molecule has 0 rings (SSSR count). The van der Waals surface area contributed by atoms with E-state index in [1.807, 2.05) is 6.08 Å². The largest absolute Gasteiger partial charge is 0.462 e. The van der Waals surface area contributed by atoms with Crippen LogP contribution in [0.3, 0.4) is 0 Å². The summed E-state index contributed by atoms with van der Waals surface area (Å²) < 4.78 is 16.5. The van der Waals surface area contributed by atoms with E-state index in [0.717, 1.165) is 77.0 Å². The minimum absolute atomic E-state index is 0.113. The lowest BCUT2D eigenvalue weighted by molar-refractivity contribution is -0.166. The fourth-order valence-corrected chi connectivity index (χ4v) is 5.53. The van der Waals surface area contributed by atoms with Gasteiger partial charge in [0.2, 0.25) is 0 Å². The van der Waals surface area contributed by atoms with Crippen molar-refractivity contribution in [2.45, 2.75) is 200 Å². The lowest BCUT2D eigenvalue weighted by Crippen LogP contribution is -2.30. The molecule has 0 aliphatic rings. The van der Waals surface area contributed by atoms with Crippen molar-refractivity contribution >= 4 is 17.9 Å². The van der Waals surface area contributed by atoms with Gasteiger partial charge in [-0.3, -0.25) is 14.4 Å². The Morgan fingerprint density at radius 1 is 0.404 bits per heavy atom. The maximum atomic E-state index is 12.6. The van der Waals surface area contributed by atoms with E-state index in [-0.39, 0.29) is 37.5 Å². The number of allylic oxidation sites excluding steroid dienone is 10. The summed E-state index contributed by atoms with van der Waals surface area (Å²) in [5.74, 6) is -1.04. The molecule has 0 bridgehead atoms. The number of carbonyl (C=O) groups excluding carboxylic acids is 3. The highest BCUT2D eigenvalue weighted by molar-refractivity contribution is 5.71. The molecule has 0 aliphatic heterocycles. The number of hydrogen-bond donors (Lipinski definition) is 0. The monoisotopic (exact) mass is 727 g/mol. The van der Waals surface area contributed by atoms with Crippen molar-refractivity contribution in [3.05, 3.63) is 60.8 Å². The second-order valence-electron chi connectivity index (χ2n) is 13.9. The van der Waals surface area contributed by atoms with Crippen molar-refractivity contribution in [3.63, 3.8) is 0 Å². The average Bonchev–Trinajstić information content (AvgIpc) is 3.14. The van der Waals surface area contributed by atoms with Gasteiger partial charge in [0.25, 0.3) is 0 Å². The van der Waals surface area contributed by atoms with Crippen LogP contribution in [0, 0.1) is 0 Å². The molecule has 0 spiro atoms. The summed E-state index contributed by atoms with van der Waals surface area (Å²) >= 11 is 0. The highest BCUT2D eigenvalue weighted by atomic mass is 16.6. The first kappa shape index (κ1) is 49.1. The average molecular weight is 727 g/mol. The van der Waals surface area contributed by atoms with Gasteiger partial charge in [-0.05, 0) is 83.5 Å². The summed E-state index contributed by atoms with van der Waals surface area (Å²) in [5.41, 5.74) is 0. The van der Waals surface area contributed by atoms with E-state index >= 15 is 0 Å². The van der Waals surface area contributed by atoms with Gasteiger partial charge in [0.1, 0.15) is 13.2 Å². The van der Waals surface area contributed by atoms with Gasteiger partial charge in [0.05, 0.1) is 0 Å². The van der Waals surface area contributed by atoms with Gasteiger partial charge in [-0.2, -0.15) is 0 Å². The molecule has 6 heteroatoms. The quantitative estimate of drug-likeness (QED) is 0.0274. The maximum Gasteiger partial charge on any atom is 0.306 e. The Labute approximate surface area is 320 Å². The molecule has 1 atom stereocenters. The van der Waals surface area contributed by atoms with Gasteiger partial charge in [-0.1, -0.05) is 152 Å². The molecule has 0 aromatic heterocycles. The molecule has 0 amide bonds. The van der Waals surface area contributed by atoms with Crippen LogP contribution in [0.2, 0.25) is 0 Å². The SMILES string of the molecule is CC/C=C\C/C=C\CCCCCCCC(=O)OC(COC(=O)CC/C=C\C/C=C\CCCCCCCC)COC(=O)CCC/C=C\CCCCCC. The molecule has 0 aromatic carbocycles. The summed E-state index contributed by atoms with van der Waals surface area (Å²) in [6, 6.07) is 0. The predicted octanol–water partition coefficient (Wildman–Crippen LogP) is 13.4. The van der Waals surface area contributed by atoms with E-state index in [4.69, 9.17) is 14.2 Å². The van der Waals surface area contributed by atoms with Gasteiger partial charge in [-0.15, -0.1) is 0 Å². The van der Waals surface area contributed by atoms with E-state index in [0.29, 0.717) is 25.7 Å². The second-order valence-corrected chi connectivity index (χ2v) is 13.9. The van der Waals surface area contributed by atoms with Crippen LogP contribution < -0.4 is 0 Å². The van der Waals surface area contributed by atoms with Gasteiger partial charge >= 0.3 is 17.9 Å². The van der Waals surface area contributed by atoms with Crippen molar-refractivity contribution < 1.29 is 28.6 Å². The Bertz CT molecular complexity index is 975. The summed E-state index contributed by atoms with van der Waals surface area (Å²) in [6.45, 7) is 6.36. The highest BCUT2D eigenvalue weighted by Crippen LogP contribution is 2.11. The van der Waals surface area contributed by atoms with E-state index in [1.165, 1.54) is 64.2 Å². The van der Waals surface area contributed by atoms with Crippen molar-refractivity contribution in [2.24, 2.45) is 0 Å². The molecule has 0 radical (unpaired) electrons. The molecule has 0 aliphatic carbocycles. The lowest BCUT2D eigenvalue weighted by Gasteiger charge is -2.18. The molecule has 298 valence electrons. The fourth-order valence-electron chi connectivity index (χ4n) is 5.53. The number of ether oxygens (including phenoxy) is 3. The topological polar surface area (TPSA) is 78.9 Å². The first-order chi connectivity index (χ1) is 25.5. The Hall–Kier alpha value is -2.89. The van der Waals surface area contributed by atoms with Crippen LogP contribution in [0.25, 0.3) is 0 Å². The fraction of sp³-hybridized carbons (Fsp3) is 0.717. The molecule has 0 heterocycles. The predicted molar refractivity (Wildman–Crippen MR) is 219 cm³/mol. The Morgan fingerprint density at radius 2 is 0.808 bits per heavy atom. The molecular formula is C46H78O6. The van der Waals surface area contributed by atoms with Crippen LogP contribution in [0.5, 0.6) is 0 Å². The Kier molecular flexibility index (Phi) is 38.6. The molecule has 0 aromatic rings. The number of hydrogen-bond acceptors (Lipinski definition) is 6. The standard InChI is InChI=1S/C46H78O6/c1-4-7-10-13-16-19-21-23-25-27-30-33-36-39-45(48)51-42-43(41-50-44(47)38-35-32-29-26-18-15-12-9-6-3)52-46(49)40-37-34-31-28-24-22-20-17-14-11-8-5-2/h8,11,17,20,23,25-26,29-30,33,43H,4-7,9-10,12-16,18-19,21-22,24,27-28,31-32,34-42H2,1-3H3/b11-8-,20-17-,25-23-,29-26-,33-30-. The summed E-state index contributed by atoms with van der Waals surface area (Å²) in [6.07, 6.45) is 48.0. The smallest absolute Gasteiger partial charge is 0.306 e. The van der Waals surface area contributed by atoms with E-state index in [2.05, 4.69) is 75.5 Å². The molecule has 0 N–H and O–H groups in total. The van der Waals surface area contributed by atoms with Crippen LogP contribution in [0.4, 0.5) is 0 Å². The van der Waals surface area contributed by atoms with E-state index in [9.17, 15) is 14.4 Å². The Morgan fingerprint density at radius 3 is 1.37 bits per heavy atom. The number of rotatable bonds is 37. The zero-order valence-corrected chi connectivity index (χ0v) is 33.8. The third-order valence-electron chi connectivity index (χ3n) is 8.74. The van der Waals surface area contributed by atoms with Gasteiger partial charge in [0, 0.05) is 19.3 Å². The van der Waals surface area contributed by atoms with Crippen LogP contribution in [-0.4, -0.2) is 37.2 Å². The lowest BCUT2D eigenvalue weighted by atomic mass is 10.1. The number of unbranched alkanes of at least 4 members (excludes halogenated alkanes) is 16. The molecule has 0 saturated heterocycles. The molecule has 0 fully saturated rings. The van der Waals surface area contributed by atoms with E-state index in [1.54, 1.807) is 0 Å². The van der Waals surface area contributed by atoms with Gasteiger partial charge < -0.3 is 14.2 Å². The minimum Gasteiger partial charge on any atom is -0.462 e. The number of esters is 3. The normalized spacial score (nSPS) is 12.6. The van der Waals surface area contributed by atoms with Crippen LogP contribution >= 0.6 is 0 Å². The van der Waals surface area contributed by atoms with Gasteiger partial charge in [0.15, 0.2) is 6.10 Å². The van der Waals surface area contributed by atoms with Crippen LogP contribution in [0.1, 0.15) is 194 Å². The van der Waals surface area contributed by atoms with Crippen molar-refractivity contribution in [1.82, 2.24) is 0 Å². The zero-order chi connectivity index (χ0) is 38.0. The maximum absolute atomic E-state index is 12.6. The summed E-state index contributed by atoms with van der Waals surface area (Å²) in [7, 11) is 0. The minimum atomic E-state index is -0.810. The molecule has 1 unspecified atom stereocenters. The highest BCUT2D eigenvalue weighted by Gasteiger charge is 2.19. The van der Waals surface area contributed by atoms with Crippen LogP contribution in [-0.2, 0) is 28.6 Å². The van der Waals surface area contributed by atoms with Gasteiger partial charge in [-0.25, -0.2) is 0 Å². The first-order valence-corrected chi connectivity index (χ1v) is 21.3. The summed E-state index contributed by atoms with van der Waals surface area (Å²) in [4.78, 5) is 37.5. The summed E-state index contributed by atoms with van der Waals surface area (Å²) in [5, 5.41) is 0. The second kappa shape index (κ2) is 40.9. The molecule has 52 heavy (non-hydrogen) atoms.